The molecule has 3 N–H and O–H groups in total. The molecule has 1 amide bonds. The van der Waals surface area contributed by atoms with Crippen LogP contribution in [0.3, 0.4) is 0 Å². The fourth-order valence-electron chi connectivity index (χ4n) is 1.82. The van der Waals surface area contributed by atoms with E-state index in [4.69, 9.17) is 17.3 Å². The molecule has 0 spiro atoms. The molecular weight excluding hydrogens is 250 g/mol. The highest BCUT2D eigenvalue weighted by Crippen LogP contribution is 2.19. The molecule has 0 saturated carbocycles. The van der Waals surface area contributed by atoms with Crippen LogP contribution < -0.4 is 11.1 Å². The Bertz CT molecular complexity index is 384. The van der Waals surface area contributed by atoms with Gasteiger partial charge in [0.15, 0.2) is 5.15 Å². The van der Waals surface area contributed by atoms with Crippen molar-refractivity contribution in [1.29, 1.82) is 0 Å². The normalized spacial score (nSPS) is 12.2. The highest BCUT2D eigenvalue weighted by atomic mass is 35.5. The Balaban J connectivity index is 2.40. The second-order valence-corrected chi connectivity index (χ2v) is 4.64. The molecule has 0 aromatic carbocycles. The zero-order valence-electron chi connectivity index (χ0n) is 10.7. The Hall–Kier alpha value is -1.13. The van der Waals surface area contributed by atoms with Crippen LogP contribution in [0.2, 0.25) is 5.15 Å². The summed E-state index contributed by atoms with van der Waals surface area (Å²) in [7, 11) is 0. The van der Waals surface area contributed by atoms with E-state index in [1.54, 1.807) is 18.3 Å². The number of amides is 1. The Morgan fingerprint density at radius 2 is 2.33 bits per heavy atom. The van der Waals surface area contributed by atoms with Gasteiger partial charge in [-0.3, -0.25) is 4.79 Å². The van der Waals surface area contributed by atoms with Crippen molar-refractivity contribution < 1.29 is 4.79 Å². The van der Waals surface area contributed by atoms with Gasteiger partial charge in [-0.05, 0) is 37.4 Å². The number of pyridine rings is 1. The fourth-order valence-corrected chi connectivity index (χ4v) is 1.98. The Morgan fingerprint density at radius 1 is 1.56 bits per heavy atom. The first-order chi connectivity index (χ1) is 8.67. The van der Waals surface area contributed by atoms with Gasteiger partial charge in [-0.15, -0.1) is 0 Å². The van der Waals surface area contributed by atoms with Gasteiger partial charge in [0.1, 0.15) is 0 Å². The summed E-state index contributed by atoms with van der Waals surface area (Å²) >= 11 is 5.87. The third kappa shape index (κ3) is 5.02. The number of halogens is 1. The standard InChI is InChI=1S/C13H20ClN3O/c1-2-10(7-8-15)5-6-12(18)17-11-4-3-9-16-13(11)14/h3-4,9-10H,2,5-8,15H2,1H3,(H,17,18). The molecule has 100 valence electrons. The number of hydrogen-bond donors (Lipinski definition) is 2. The summed E-state index contributed by atoms with van der Waals surface area (Å²) in [6.07, 6.45) is 4.96. The van der Waals surface area contributed by atoms with Crippen LogP contribution in [0.15, 0.2) is 18.3 Å². The fraction of sp³-hybridized carbons (Fsp3) is 0.538. The van der Waals surface area contributed by atoms with Crippen LogP contribution in [0.1, 0.15) is 32.6 Å². The van der Waals surface area contributed by atoms with Crippen LogP contribution in [0.25, 0.3) is 0 Å². The summed E-state index contributed by atoms with van der Waals surface area (Å²) in [5.41, 5.74) is 6.09. The number of nitrogens with two attached hydrogens (primary N) is 1. The van der Waals surface area contributed by atoms with E-state index in [0.717, 1.165) is 19.3 Å². The van der Waals surface area contributed by atoms with Gasteiger partial charge in [0.05, 0.1) is 5.69 Å². The molecule has 0 aliphatic carbocycles. The SMILES string of the molecule is CCC(CCN)CCC(=O)Nc1cccnc1Cl. The first-order valence-corrected chi connectivity index (χ1v) is 6.65. The third-order valence-corrected chi connectivity index (χ3v) is 3.27. The summed E-state index contributed by atoms with van der Waals surface area (Å²) in [6.45, 7) is 2.80. The maximum absolute atomic E-state index is 11.8. The highest BCUT2D eigenvalue weighted by Gasteiger charge is 2.10. The number of carbonyl (C=O) groups excluding carboxylic acids is 1. The van der Waals surface area contributed by atoms with E-state index in [0.29, 0.717) is 29.7 Å². The number of nitrogens with one attached hydrogen (secondary N) is 1. The van der Waals surface area contributed by atoms with Gasteiger partial charge in [0.25, 0.3) is 0 Å². The summed E-state index contributed by atoms with van der Waals surface area (Å²) in [5.74, 6) is 0.491. The van der Waals surface area contributed by atoms with Gasteiger partial charge < -0.3 is 11.1 Å². The molecule has 0 aliphatic rings. The molecule has 1 heterocycles. The Labute approximate surface area is 113 Å². The predicted octanol–water partition coefficient (Wildman–Crippen LogP) is 2.83. The smallest absolute Gasteiger partial charge is 0.224 e. The van der Waals surface area contributed by atoms with E-state index in [-0.39, 0.29) is 5.91 Å². The molecule has 18 heavy (non-hydrogen) atoms. The maximum Gasteiger partial charge on any atom is 0.224 e. The van der Waals surface area contributed by atoms with Crippen LogP contribution >= 0.6 is 11.6 Å². The predicted molar refractivity (Wildman–Crippen MR) is 74.6 cm³/mol. The zero-order chi connectivity index (χ0) is 13.4. The van der Waals surface area contributed by atoms with Crippen LogP contribution in [0.5, 0.6) is 0 Å². The van der Waals surface area contributed by atoms with Gasteiger partial charge in [0, 0.05) is 12.6 Å². The van der Waals surface area contributed by atoms with Crippen molar-refractivity contribution in [1.82, 2.24) is 4.98 Å². The van der Waals surface area contributed by atoms with Crippen molar-refractivity contribution in [3.8, 4) is 0 Å². The quantitative estimate of drug-likeness (QED) is 0.748. The van der Waals surface area contributed by atoms with Crippen LogP contribution in [0, 0.1) is 5.92 Å². The second kappa shape index (κ2) is 8.06. The minimum absolute atomic E-state index is 0.0274. The van der Waals surface area contributed by atoms with E-state index in [1.165, 1.54) is 0 Å². The molecule has 1 unspecified atom stereocenters. The molecule has 0 bridgehead atoms. The molecule has 0 radical (unpaired) electrons. The summed E-state index contributed by atoms with van der Waals surface area (Å²) in [4.78, 5) is 15.7. The number of carbonyl (C=O) groups is 1. The van der Waals surface area contributed by atoms with Crippen LogP contribution in [0.4, 0.5) is 5.69 Å². The topological polar surface area (TPSA) is 68.0 Å². The molecule has 4 nitrogen and oxygen atoms in total. The van der Waals surface area contributed by atoms with Crippen molar-refractivity contribution in [2.75, 3.05) is 11.9 Å². The minimum atomic E-state index is -0.0274. The van der Waals surface area contributed by atoms with Crippen molar-refractivity contribution in [2.24, 2.45) is 11.7 Å². The summed E-state index contributed by atoms with van der Waals surface area (Å²) in [6, 6.07) is 3.48. The van der Waals surface area contributed by atoms with Crippen LogP contribution in [-0.4, -0.2) is 17.4 Å². The van der Waals surface area contributed by atoms with Crippen molar-refractivity contribution in [3.63, 3.8) is 0 Å². The average Bonchev–Trinajstić information content (AvgIpc) is 2.37. The number of hydrogen-bond acceptors (Lipinski definition) is 3. The van der Waals surface area contributed by atoms with Gasteiger partial charge in [0.2, 0.25) is 5.91 Å². The Morgan fingerprint density at radius 3 is 2.94 bits per heavy atom. The molecular formula is C13H20ClN3O. The van der Waals surface area contributed by atoms with E-state index >= 15 is 0 Å². The lowest BCUT2D eigenvalue weighted by Gasteiger charge is -2.13. The number of nitrogens with zero attached hydrogens (tertiary/aromatic N) is 1. The van der Waals surface area contributed by atoms with Gasteiger partial charge in [-0.2, -0.15) is 0 Å². The minimum Gasteiger partial charge on any atom is -0.330 e. The van der Waals surface area contributed by atoms with E-state index in [2.05, 4.69) is 17.2 Å². The Kier molecular flexibility index (Phi) is 6.68. The monoisotopic (exact) mass is 269 g/mol. The molecule has 0 fully saturated rings. The lowest BCUT2D eigenvalue weighted by Crippen LogP contribution is -2.15. The lowest BCUT2D eigenvalue weighted by atomic mass is 9.96. The largest absolute Gasteiger partial charge is 0.330 e. The highest BCUT2D eigenvalue weighted by molar-refractivity contribution is 6.32. The van der Waals surface area contributed by atoms with Crippen molar-refractivity contribution in [2.45, 2.75) is 32.6 Å². The average molecular weight is 270 g/mol. The molecule has 1 aromatic heterocycles. The van der Waals surface area contributed by atoms with Gasteiger partial charge in [-0.1, -0.05) is 24.9 Å². The summed E-state index contributed by atoms with van der Waals surface area (Å²) < 4.78 is 0. The molecule has 5 heteroatoms. The number of rotatable bonds is 7. The number of aromatic nitrogens is 1. The molecule has 1 rings (SSSR count). The molecule has 1 atom stereocenters. The molecule has 1 aromatic rings. The van der Waals surface area contributed by atoms with E-state index in [1.807, 2.05) is 0 Å². The van der Waals surface area contributed by atoms with Gasteiger partial charge >= 0.3 is 0 Å². The van der Waals surface area contributed by atoms with E-state index < -0.39 is 0 Å². The molecule has 0 aliphatic heterocycles. The maximum atomic E-state index is 11.8. The summed E-state index contributed by atoms with van der Waals surface area (Å²) in [5, 5.41) is 3.09. The van der Waals surface area contributed by atoms with Crippen molar-refractivity contribution in [3.05, 3.63) is 23.5 Å². The van der Waals surface area contributed by atoms with Gasteiger partial charge in [-0.25, -0.2) is 4.98 Å². The van der Waals surface area contributed by atoms with E-state index in [9.17, 15) is 4.79 Å². The lowest BCUT2D eigenvalue weighted by molar-refractivity contribution is -0.116. The first-order valence-electron chi connectivity index (χ1n) is 6.27. The first kappa shape index (κ1) is 14.9. The zero-order valence-corrected chi connectivity index (χ0v) is 11.4. The van der Waals surface area contributed by atoms with Crippen molar-refractivity contribution >= 4 is 23.2 Å². The second-order valence-electron chi connectivity index (χ2n) is 4.28. The number of anilines is 1. The third-order valence-electron chi connectivity index (χ3n) is 2.97. The molecule has 0 saturated heterocycles. The van der Waals surface area contributed by atoms with Crippen LogP contribution in [-0.2, 0) is 4.79 Å².